The molecule has 12 heavy (non-hydrogen) atoms. The van der Waals surface area contributed by atoms with E-state index in [0.717, 1.165) is 12.8 Å². The summed E-state index contributed by atoms with van der Waals surface area (Å²) in [5.41, 5.74) is 0. The Labute approximate surface area is 71.7 Å². The van der Waals surface area contributed by atoms with Crippen LogP contribution in [0.2, 0.25) is 0 Å². The molecule has 3 nitrogen and oxygen atoms in total. The van der Waals surface area contributed by atoms with Gasteiger partial charge in [-0.05, 0) is 26.7 Å². The van der Waals surface area contributed by atoms with Gasteiger partial charge < -0.3 is 0 Å². The van der Waals surface area contributed by atoms with E-state index in [9.17, 15) is 9.59 Å². The number of hydrogen-bond donors (Lipinski definition) is 0. The fraction of sp³-hybridized carbons (Fsp3) is 0.778. The van der Waals surface area contributed by atoms with E-state index in [1.807, 2.05) is 13.8 Å². The maximum atomic E-state index is 11.5. The summed E-state index contributed by atoms with van der Waals surface area (Å²) in [7, 11) is 0. The van der Waals surface area contributed by atoms with Gasteiger partial charge in [-0.2, -0.15) is 0 Å². The molecule has 0 aromatic rings. The highest BCUT2D eigenvalue weighted by Crippen LogP contribution is 2.41. The van der Waals surface area contributed by atoms with Crippen molar-refractivity contribution in [1.82, 2.24) is 4.90 Å². The summed E-state index contributed by atoms with van der Waals surface area (Å²) in [6.07, 6.45) is 1.61. The van der Waals surface area contributed by atoms with Crippen LogP contribution in [0.25, 0.3) is 0 Å². The van der Waals surface area contributed by atoms with Crippen molar-refractivity contribution in [3.05, 3.63) is 0 Å². The Hall–Kier alpha value is -0.860. The lowest BCUT2D eigenvalue weighted by Gasteiger charge is -2.45. The van der Waals surface area contributed by atoms with E-state index in [0.29, 0.717) is 0 Å². The van der Waals surface area contributed by atoms with Crippen molar-refractivity contribution in [1.29, 1.82) is 0 Å². The molecule has 2 aliphatic heterocycles. The van der Waals surface area contributed by atoms with Crippen LogP contribution >= 0.6 is 0 Å². The molecule has 2 saturated heterocycles. The van der Waals surface area contributed by atoms with E-state index in [2.05, 4.69) is 0 Å². The minimum absolute atomic E-state index is 0.0376. The normalized spacial score (nSPS) is 34.1. The minimum Gasteiger partial charge on any atom is -0.280 e. The number of hydrogen-bond acceptors (Lipinski definition) is 2. The predicted octanol–water partition coefficient (Wildman–Crippen LogP) is 0.790. The first-order valence-corrected chi connectivity index (χ1v) is 4.48. The van der Waals surface area contributed by atoms with E-state index in [1.165, 1.54) is 4.90 Å². The fourth-order valence-corrected chi connectivity index (χ4v) is 2.03. The summed E-state index contributed by atoms with van der Waals surface area (Å²) in [4.78, 5) is 24.5. The summed E-state index contributed by atoms with van der Waals surface area (Å²) >= 11 is 0. The molecule has 0 aromatic carbocycles. The van der Waals surface area contributed by atoms with Gasteiger partial charge in [0.2, 0.25) is 11.8 Å². The van der Waals surface area contributed by atoms with Gasteiger partial charge in [0, 0.05) is 17.9 Å². The smallest absolute Gasteiger partial charge is 0.232 e. The Kier molecular flexibility index (Phi) is 1.50. The van der Waals surface area contributed by atoms with Crippen LogP contribution in [0, 0.1) is 11.8 Å². The zero-order valence-electron chi connectivity index (χ0n) is 7.41. The third-order valence-electron chi connectivity index (χ3n) is 2.83. The highest BCUT2D eigenvalue weighted by atomic mass is 16.2. The van der Waals surface area contributed by atoms with Crippen LogP contribution in [0.5, 0.6) is 0 Å². The number of piperidine rings is 2. The number of fused-ring (bicyclic) bond motifs is 2. The van der Waals surface area contributed by atoms with Gasteiger partial charge in [-0.1, -0.05) is 0 Å². The molecule has 2 heterocycles. The van der Waals surface area contributed by atoms with Crippen molar-refractivity contribution in [2.45, 2.75) is 32.7 Å². The first-order valence-electron chi connectivity index (χ1n) is 4.48. The third kappa shape index (κ3) is 0.822. The highest BCUT2D eigenvalue weighted by molar-refractivity contribution is 6.03. The molecule has 0 N–H and O–H groups in total. The van der Waals surface area contributed by atoms with Crippen molar-refractivity contribution in [2.24, 2.45) is 11.8 Å². The highest BCUT2D eigenvalue weighted by Gasteiger charge is 2.50. The second-order valence-electron chi connectivity index (χ2n) is 4.01. The summed E-state index contributed by atoms with van der Waals surface area (Å²) in [6, 6.07) is 0.0376. The van der Waals surface area contributed by atoms with Gasteiger partial charge in [0.05, 0.1) is 0 Å². The van der Waals surface area contributed by atoms with Crippen LogP contribution in [0.4, 0.5) is 0 Å². The lowest BCUT2D eigenvalue weighted by Crippen LogP contribution is -2.58. The number of amides is 2. The summed E-state index contributed by atoms with van der Waals surface area (Å²) in [6.45, 7) is 3.78. The van der Waals surface area contributed by atoms with Gasteiger partial charge in [-0.15, -0.1) is 0 Å². The molecular weight excluding hydrogens is 154 g/mol. The molecule has 3 heteroatoms. The van der Waals surface area contributed by atoms with Crippen LogP contribution < -0.4 is 0 Å². The number of nitrogens with zero attached hydrogens (tertiary/aromatic N) is 1. The monoisotopic (exact) mass is 167 g/mol. The van der Waals surface area contributed by atoms with E-state index in [4.69, 9.17) is 0 Å². The Morgan fingerprint density at radius 3 is 1.83 bits per heavy atom. The first-order chi connectivity index (χ1) is 5.61. The maximum Gasteiger partial charge on any atom is 0.232 e. The van der Waals surface area contributed by atoms with Crippen molar-refractivity contribution >= 4 is 11.8 Å². The third-order valence-corrected chi connectivity index (χ3v) is 2.83. The molecule has 0 unspecified atom stereocenters. The van der Waals surface area contributed by atoms with Crippen LogP contribution in [-0.2, 0) is 9.59 Å². The maximum absolute atomic E-state index is 11.5. The molecule has 3 fully saturated rings. The standard InChI is InChI=1S/C9H13NO2/c1-5(2)10-8(11)6-3-7(4-6)9(10)12/h5-7H,3-4H2,1-2H3. The Morgan fingerprint density at radius 1 is 1.17 bits per heavy atom. The van der Waals surface area contributed by atoms with E-state index >= 15 is 0 Å². The molecule has 2 bridgehead atoms. The fourth-order valence-electron chi connectivity index (χ4n) is 2.03. The van der Waals surface area contributed by atoms with Gasteiger partial charge in [0.15, 0.2) is 0 Å². The summed E-state index contributed by atoms with van der Waals surface area (Å²) < 4.78 is 0. The van der Waals surface area contributed by atoms with Crippen molar-refractivity contribution in [3.63, 3.8) is 0 Å². The van der Waals surface area contributed by atoms with Crippen LogP contribution in [-0.4, -0.2) is 22.8 Å². The lowest BCUT2D eigenvalue weighted by molar-refractivity contribution is -0.167. The number of carbonyl (C=O) groups excluding carboxylic acids is 2. The molecule has 0 aromatic heterocycles. The SMILES string of the molecule is CC(C)N1C(=O)C2CC(C2)C1=O. The van der Waals surface area contributed by atoms with Crippen LogP contribution in [0.15, 0.2) is 0 Å². The second kappa shape index (κ2) is 2.31. The zero-order valence-corrected chi connectivity index (χ0v) is 7.41. The summed E-state index contributed by atoms with van der Waals surface area (Å²) in [5, 5.41) is 0. The van der Waals surface area contributed by atoms with Crippen molar-refractivity contribution < 1.29 is 9.59 Å². The molecule has 0 atom stereocenters. The predicted molar refractivity (Wildman–Crippen MR) is 43.2 cm³/mol. The molecule has 1 aliphatic carbocycles. The van der Waals surface area contributed by atoms with Gasteiger partial charge >= 0.3 is 0 Å². The average molecular weight is 167 g/mol. The summed E-state index contributed by atoms with van der Waals surface area (Å²) in [5.74, 6) is 0.431. The number of carbonyl (C=O) groups is 2. The molecule has 2 amide bonds. The molecule has 0 radical (unpaired) electrons. The Morgan fingerprint density at radius 2 is 1.58 bits per heavy atom. The number of imide groups is 1. The molecule has 66 valence electrons. The van der Waals surface area contributed by atoms with E-state index in [-0.39, 0.29) is 29.7 Å². The molecule has 3 aliphatic rings. The van der Waals surface area contributed by atoms with Crippen molar-refractivity contribution in [2.75, 3.05) is 0 Å². The van der Waals surface area contributed by atoms with Gasteiger partial charge in [0.25, 0.3) is 0 Å². The lowest BCUT2D eigenvalue weighted by atomic mass is 9.69. The average Bonchev–Trinajstić information content (AvgIpc) is 1.80. The quantitative estimate of drug-likeness (QED) is 0.541. The van der Waals surface area contributed by atoms with Crippen LogP contribution in [0.3, 0.4) is 0 Å². The Balaban J connectivity index is 2.23. The van der Waals surface area contributed by atoms with Gasteiger partial charge in [0.1, 0.15) is 0 Å². The molecule has 3 rings (SSSR count). The minimum atomic E-state index is 0.0376. The topological polar surface area (TPSA) is 37.4 Å². The molecule has 0 spiro atoms. The van der Waals surface area contributed by atoms with Crippen molar-refractivity contribution in [3.8, 4) is 0 Å². The second-order valence-corrected chi connectivity index (χ2v) is 4.01. The van der Waals surface area contributed by atoms with Crippen LogP contribution in [0.1, 0.15) is 26.7 Å². The first kappa shape index (κ1) is 7.77. The van der Waals surface area contributed by atoms with E-state index in [1.54, 1.807) is 0 Å². The van der Waals surface area contributed by atoms with E-state index < -0.39 is 0 Å². The molecule has 1 saturated carbocycles. The number of rotatable bonds is 1. The van der Waals surface area contributed by atoms with Gasteiger partial charge in [-0.3, -0.25) is 14.5 Å². The zero-order chi connectivity index (χ0) is 8.88. The molecular formula is C9H13NO2. The largest absolute Gasteiger partial charge is 0.280 e. The van der Waals surface area contributed by atoms with Gasteiger partial charge in [-0.25, -0.2) is 0 Å². The Bertz CT molecular complexity index is 221.